The van der Waals surface area contributed by atoms with Crippen molar-refractivity contribution in [1.29, 1.82) is 0 Å². The molecular formula is C12H20N2O. The second-order valence-corrected chi connectivity index (χ2v) is 4.12. The molecule has 0 bridgehead atoms. The van der Waals surface area contributed by atoms with E-state index < -0.39 is 0 Å². The van der Waals surface area contributed by atoms with Crippen LogP contribution in [-0.2, 0) is 0 Å². The molecule has 0 unspecified atom stereocenters. The smallest absolute Gasteiger partial charge is 0.118 e. The van der Waals surface area contributed by atoms with E-state index in [9.17, 15) is 0 Å². The largest absolute Gasteiger partial charge is 0.497 e. The van der Waals surface area contributed by atoms with Crippen LogP contribution in [0.1, 0.15) is 25.5 Å². The summed E-state index contributed by atoms with van der Waals surface area (Å²) in [5.41, 5.74) is 13.1. The minimum absolute atomic E-state index is 0.0154. The van der Waals surface area contributed by atoms with Gasteiger partial charge in [0.25, 0.3) is 0 Å². The Labute approximate surface area is 91.4 Å². The lowest BCUT2D eigenvalue weighted by atomic mass is 9.93. The van der Waals surface area contributed by atoms with Crippen molar-refractivity contribution in [2.24, 2.45) is 17.4 Å². The average Bonchev–Trinajstić information content (AvgIpc) is 2.27. The molecule has 1 aromatic carbocycles. The van der Waals surface area contributed by atoms with Crippen LogP contribution in [0.15, 0.2) is 24.3 Å². The van der Waals surface area contributed by atoms with Crippen molar-refractivity contribution in [2.45, 2.75) is 25.9 Å². The third-order valence-electron chi connectivity index (χ3n) is 2.69. The van der Waals surface area contributed by atoms with Gasteiger partial charge in [0.05, 0.1) is 7.11 Å². The van der Waals surface area contributed by atoms with Gasteiger partial charge in [-0.05, 0) is 23.6 Å². The molecule has 0 saturated heterocycles. The van der Waals surface area contributed by atoms with E-state index in [1.807, 2.05) is 24.3 Å². The van der Waals surface area contributed by atoms with Crippen LogP contribution < -0.4 is 16.2 Å². The molecule has 0 aliphatic rings. The zero-order valence-corrected chi connectivity index (χ0v) is 9.60. The lowest BCUT2D eigenvalue weighted by Crippen LogP contribution is -2.38. The molecule has 2 atom stereocenters. The van der Waals surface area contributed by atoms with Crippen LogP contribution in [0.3, 0.4) is 0 Å². The van der Waals surface area contributed by atoms with Crippen LogP contribution >= 0.6 is 0 Å². The standard InChI is InChI=1S/C12H20N2O/c1-8(2)11(13)12(14)9-4-6-10(15-3)7-5-9/h4-8,11-12H,13-14H2,1-3H3/t11-,12-/m1/s1. The SMILES string of the molecule is COc1ccc([C@@H](N)[C@H](N)C(C)C)cc1. The normalized spacial score (nSPS) is 15.1. The summed E-state index contributed by atoms with van der Waals surface area (Å²) in [6, 6.07) is 7.61. The second-order valence-electron chi connectivity index (χ2n) is 4.12. The van der Waals surface area contributed by atoms with Gasteiger partial charge >= 0.3 is 0 Å². The zero-order valence-electron chi connectivity index (χ0n) is 9.60. The van der Waals surface area contributed by atoms with Crippen molar-refractivity contribution in [3.05, 3.63) is 29.8 Å². The predicted molar refractivity (Wildman–Crippen MR) is 62.7 cm³/mol. The van der Waals surface area contributed by atoms with E-state index >= 15 is 0 Å². The molecule has 15 heavy (non-hydrogen) atoms. The zero-order chi connectivity index (χ0) is 11.4. The summed E-state index contributed by atoms with van der Waals surface area (Å²) < 4.78 is 5.08. The van der Waals surface area contributed by atoms with Gasteiger partial charge in [-0.1, -0.05) is 26.0 Å². The monoisotopic (exact) mass is 208 g/mol. The lowest BCUT2D eigenvalue weighted by molar-refractivity contribution is 0.411. The summed E-state index contributed by atoms with van der Waals surface area (Å²) in [6.45, 7) is 4.15. The molecule has 84 valence electrons. The number of rotatable bonds is 4. The summed E-state index contributed by atoms with van der Waals surface area (Å²) in [5.74, 6) is 1.21. The predicted octanol–water partition coefficient (Wildman–Crippen LogP) is 1.68. The van der Waals surface area contributed by atoms with Crippen molar-refractivity contribution in [2.75, 3.05) is 7.11 Å². The third kappa shape index (κ3) is 2.94. The van der Waals surface area contributed by atoms with Crippen LogP contribution in [0, 0.1) is 5.92 Å². The first-order chi connectivity index (χ1) is 7.06. The van der Waals surface area contributed by atoms with Gasteiger partial charge < -0.3 is 16.2 Å². The minimum atomic E-state index is -0.115. The Morgan fingerprint density at radius 2 is 1.60 bits per heavy atom. The molecule has 1 rings (SSSR count). The lowest BCUT2D eigenvalue weighted by Gasteiger charge is -2.23. The topological polar surface area (TPSA) is 61.3 Å². The number of ether oxygens (including phenoxy) is 1. The quantitative estimate of drug-likeness (QED) is 0.791. The van der Waals surface area contributed by atoms with E-state index in [2.05, 4.69) is 13.8 Å². The van der Waals surface area contributed by atoms with Crippen LogP contribution in [0.4, 0.5) is 0 Å². The first-order valence-corrected chi connectivity index (χ1v) is 5.21. The summed E-state index contributed by atoms with van der Waals surface area (Å²) in [7, 11) is 1.65. The van der Waals surface area contributed by atoms with Gasteiger partial charge in [0.1, 0.15) is 5.75 Å². The molecule has 0 aromatic heterocycles. The molecule has 0 fully saturated rings. The molecule has 0 amide bonds. The first kappa shape index (κ1) is 12.0. The van der Waals surface area contributed by atoms with Gasteiger partial charge in [0.2, 0.25) is 0 Å². The number of benzene rings is 1. The highest BCUT2D eigenvalue weighted by Crippen LogP contribution is 2.20. The Bertz CT molecular complexity index is 295. The number of nitrogens with two attached hydrogens (primary N) is 2. The molecule has 0 aliphatic heterocycles. The maximum Gasteiger partial charge on any atom is 0.118 e. The van der Waals surface area contributed by atoms with Gasteiger partial charge in [-0.3, -0.25) is 0 Å². The van der Waals surface area contributed by atoms with Crippen molar-refractivity contribution >= 4 is 0 Å². The fraction of sp³-hybridized carbons (Fsp3) is 0.500. The van der Waals surface area contributed by atoms with Crippen molar-refractivity contribution in [3.63, 3.8) is 0 Å². The molecule has 4 N–H and O–H groups in total. The van der Waals surface area contributed by atoms with E-state index in [0.29, 0.717) is 5.92 Å². The molecule has 0 radical (unpaired) electrons. The van der Waals surface area contributed by atoms with E-state index in [0.717, 1.165) is 11.3 Å². The van der Waals surface area contributed by atoms with Crippen LogP contribution in [0.2, 0.25) is 0 Å². The fourth-order valence-corrected chi connectivity index (χ4v) is 1.46. The van der Waals surface area contributed by atoms with Crippen LogP contribution in [0.5, 0.6) is 5.75 Å². The van der Waals surface area contributed by atoms with Gasteiger partial charge in [-0.25, -0.2) is 0 Å². The summed E-state index contributed by atoms with van der Waals surface area (Å²) in [4.78, 5) is 0. The second kappa shape index (κ2) is 5.14. The number of hydrogen-bond acceptors (Lipinski definition) is 3. The highest BCUT2D eigenvalue weighted by Gasteiger charge is 2.18. The van der Waals surface area contributed by atoms with Gasteiger partial charge in [0.15, 0.2) is 0 Å². The molecule has 1 aromatic rings. The van der Waals surface area contributed by atoms with Gasteiger partial charge in [-0.15, -0.1) is 0 Å². The minimum Gasteiger partial charge on any atom is -0.497 e. The van der Waals surface area contributed by atoms with E-state index in [1.165, 1.54) is 0 Å². The Kier molecular flexibility index (Phi) is 4.12. The first-order valence-electron chi connectivity index (χ1n) is 5.21. The number of methoxy groups -OCH3 is 1. The number of hydrogen-bond donors (Lipinski definition) is 2. The van der Waals surface area contributed by atoms with Gasteiger partial charge in [0, 0.05) is 12.1 Å². The van der Waals surface area contributed by atoms with Crippen molar-refractivity contribution in [1.82, 2.24) is 0 Å². The maximum absolute atomic E-state index is 6.07. The Balaban J connectivity index is 2.78. The average molecular weight is 208 g/mol. The Morgan fingerprint density at radius 1 is 1.07 bits per heavy atom. The molecule has 0 heterocycles. The Hall–Kier alpha value is -1.06. The fourth-order valence-electron chi connectivity index (χ4n) is 1.46. The van der Waals surface area contributed by atoms with E-state index in [1.54, 1.807) is 7.11 Å². The van der Waals surface area contributed by atoms with Crippen LogP contribution in [-0.4, -0.2) is 13.2 Å². The molecule has 3 heteroatoms. The van der Waals surface area contributed by atoms with Crippen molar-refractivity contribution in [3.8, 4) is 5.75 Å². The maximum atomic E-state index is 6.07. The molecule has 0 saturated carbocycles. The van der Waals surface area contributed by atoms with Crippen molar-refractivity contribution < 1.29 is 4.74 Å². The van der Waals surface area contributed by atoms with Crippen LogP contribution in [0.25, 0.3) is 0 Å². The van der Waals surface area contributed by atoms with Gasteiger partial charge in [-0.2, -0.15) is 0 Å². The van der Waals surface area contributed by atoms with E-state index in [4.69, 9.17) is 16.2 Å². The Morgan fingerprint density at radius 3 is 2.00 bits per heavy atom. The third-order valence-corrected chi connectivity index (χ3v) is 2.69. The molecule has 0 spiro atoms. The summed E-state index contributed by atoms with van der Waals surface area (Å²) in [6.07, 6.45) is 0. The highest BCUT2D eigenvalue weighted by molar-refractivity contribution is 5.29. The molecule has 0 aliphatic carbocycles. The molecular weight excluding hydrogens is 188 g/mol. The van der Waals surface area contributed by atoms with E-state index in [-0.39, 0.29) is 12.1 Å². The summed E-state index contributed by atoms with van der Waals surface area (Å²) in [5, 5.41) is 0. The summed E-state index contributed by atoms with van der Waals surface area (Å²) >= 11 is 0. The highest BCUT2D eigenvalue weighted by atomic mass is 16.5. The molecule has 3 nitrogen and oxygen atoms in total.